The third kappa shape index (κ3) is 5.15. The summed E-state index contributed by atoms with van der Waals surface area (Å²) in [5.41, 5.74) is 3.52. The second-order valence-electron chi connectivity index (χ2n) is 7.15. The van der Waals surface area contributed by atoms with Crippen molar-refractivity contribution < 1.29 is 9.18 Å². The molecule has 1 saturated heterocycles. The van der Waals surface area contributed by atoms with Crippen LogP contribution in [0.15, 0.2) is 42.5 Å². The molecule has 3 nitrogen and oxygen atoms in total. The molecule has 138 valence electrons. The van der Waals surface area contributed by atoms with E-state index < -0.39 is 0 Å². The number of rotatable bonds is 5. The molecule has 0 aromatic heterocycles. The third-order valence-electron chi connectivity index (χ3n) is 4.99. The van der Waals surface area contributed by atoms with Gasteiger partial charge in [0.05, 0.1) is 0 Å². The predicted octanol–water partition coefficient (Wildman–Crippen LogP) is 4.44. The minimum Gasteiger partial charge on any atom is -0.348 e. The highest BCUT2D eigenvalue weighted by Gasteiger charge is 2.11. The quantitative estimate of drug-likeness (QED) is 0.861. The average molecular weight is 354 g/mol. The Hall–Kier alpha value is -2.20. The molecular weight excluding hydrogens is 327 g/mol. The molecule has 2 aromatic carbocycles. The molecular formula is C22H27FN2O. The van der Waals surface area contributed by atoms with E-state index in [-0.39, 0.29) is 11.7 Å². The highest BCUT2D eigenvalue weighted by molar-refractivity contribution is 5.95. The molecule has 1 fully saturated rings. The summed E-state index contributed by atoms with van der Waals surface area (Å²) < 4.78 is 13.4. The maximum absolute atomic E-state index is 13.4. The lowest BCUT2D eigenvalue weighted by molar-refractivity contribution is 0.0950. The monoisotopic (exact) mass is 354 g/mol. The molecule has 1 aliphatic heterocycles. The van der Waals surface area contributed by atoms with E-state index in [1.165, 1.54) is 56.5 Å². The summed E-state index contributed by atoms with van der Waals surface area (Å²) in [7, 11) is 0. The van der Waals surface area contributed by atoms with Crippen molar-refractivity contribution in [2.75, 3.05) is 13.1 Å². The van der Waals surface area contributed by atoms with E-state index in [0.29, 0.717) is 12.1 Å². The Kier molecular flexibility index (Phi) is 6.40. The summed E-state index contributed by atoms with van der Waals surface area (Å²) in [6, 6.07) is 12.7. The Morgan fingerprint density at radius 2 is 1.77 bits per heavy atom. The number of nitrogens with zero attached hydrogens (tertiary/aromatic N) is 1. The van der Waals surface area contributed by atoms with Crippen LogP contribution in [0.4, 0.5) is 4.39 Å². The number of hydrogen-bond acceptors (Lipinski definition) is 2. The van der Waals surface area contributed by atoms with Crippen molar-refractivity contribution in [1.82, 2.24) is 10.2 Å². The van der Waals surface area contributed by atoms with Crippen LogP contribution in [0.2, 0.25) is 0 Å². The number of carbonyl (C=O) groups is 1. The number of nitrogens with one attached hydrogen (secondary N) is 1. The fraction of sp³-hybridized carbons (Fsp3) is 0.409. The van der Waals surface area contributed by atoms with Gasteiger partial charge in [0.15, 0.2) is 0 Å². The number of likely N-dealkylation sites (tertiary alicyclic amines) is 1. The molecule has 0 radical (unpaired) electrons. The van der Waals surface area contributed by atoms with Crippen LogP contribution in [0.5, 0.6) is 0 Å². The molecule has 26 heavy (non-hydrogen) atoms. The molecule has 1 aliphatic rings. The molecule has 1 amide bonds. The van der Waals surface area contributed by atoms with E-state index in [1.807, 2.05) is 19.1 Å². The molecule has 0 saturated carbocycles. The van der Waals surface area contributed by atoms with Crippen molar-refractivity contribution >= 4 is 5.91 Å². The first-order valence-corrected chi connectivity index (χ1v) is 9.46. The van der Waals surface area contributed by atoms with Gasteiger partial charge in [-0.1, -0.05) is 43.2 Å². The molecule has 0 spiro atoms. The highest BCUT2D eigenvalue weighted by Crippen LogP contribution is 2.15. The number of hydrogen-bond donors (Lipinski definition) is 1. The van der Waals surface area contributed by atoms with Crippen molar-refractivity contribution in [3.05, 3.63) is 70.5 Å². The van der Waals surface area contributed by atoms with E-state index in [2.05, 4.69) is 22.3 Å². The second kappa shape index (κ2) is 8.95. The zero-order chi connectivity index (χ0) is 18.4. The Morgan fingerprint density at radius 3 is 2.54 bits per heavy atom. The maximum Gasteiger partial charge on any atom is 0.251 e. The van der Waals surface area contributed by atoms with Crippen LogP contribution in [0.25, 0.3) is 0 Å². The average Bonchev–Trinajstić information content (AvgIpc) is 2.91. The Morgan fingerprint density at radius 1 is 1.04 bits per heavy atom. The van der Waals surface area contributed by atoms with E-state index in [1.54, 1.807) is 6.07 Å². The van der Waals surface area contributed by atoms with E-state index in [0.717, 1.165) is 17.7 Å². The van der Waals surface area contributed by atoms with Crippen LogP contribution < -0.4 is 5.32 Å². The standard InChI is InChI=1S/C22H27FN2O/c1-17-9-10-20(23)14-21(17)22(26)24-15-18-7-6-8-19(13-18)16-25-11-4-2-3-5-12-25/h6-10,13-14H,2-5,11-12,15-16H2,1H3,(H,24,26). The molecule has 0 aliphatic carbocycles. The maximum atomic E-state index is 13.4. The van der Waals surface area contributed by atoms with Crippen molar-refractivity contribution in [1.29, 1.82) is 0 Å². The fourth-order valence-corrected chi connectivity index (χ4v) is 3.51. The highest BCUT2D eigenvalue weighted by atomic mass is 19.1. The normalized spacial score (nSPS) is 15.5. The summed E-state index contributed by atoms with van der Waals surface area (Å²) in [6.45, 7) is 5.56. The zero-order valence-electron chi connectivity index (χ0n) is 15.4. The van der Waals surface area contributed by atoms with Crippen LogP contribution in [0, 0.1) is 12.7 Å². The Labute approximate surface area is 155 Å². The van der Waals surface area contributed by atoms with Crippen molar-refractivity contribution in [2.24, 2.45) is 0 Å². The van der Waals surface area contributed by atoms with Gasteiger partial charge in [-0.25, -0.2) is 4.39 Å². The molecule has 0 atom stereocenters. The minimum atomic E-state index is -0.389. The molecule has 1 N–H and O–H groups in total. The van der Waals surface area contributed by atoms with Crippen molar-refractivity contribution in [3.63, 3.8) is 0 Å². The Balaban J connectivity index is 1.59. The molecule has 0 bridgehead atoms. The van der Waals surface area contributed by atoms with Gasteiger partial charge in [-0.15, -0.1) is 0 Å². The predicted molar refractivity (Wildman–Crippen MR) is 102 cm³/mol. The largest absolute Gasteiger partial charge is 0.348 e. The van der Waals surface area contributed by atoms with Crippen LogP contribution in [0.3, 0.4) is 0 Å². The van der Waals surface area contributed by atoms with Gasteiger partial charge in [0.2, 0.25) is 0 Å². The number of benzene rings is 2. The van der Waals surface area contributed by atoms with Gasteiger partial charge < -0.3 is 5.32 Å². The van der Waals surface area contributed by atoms with E-state index in [4.69, 9.17) is 0 Å². The molecule has 4 heteroatoms. The van der Waals surface area contributed by atoms with E-state index >= 15 is 0 Å². The van der Waals surface area contributed by atoms with Gasteiger partial charge in [0.1, 0.15) is 5.82 Å². The minimum absolute atomic E-state index is 0.236. The van der Waals surface area contributed by atoms with E-state index in [9.17, 15) is 9.18 Å². The number of amides is 1. The Bertz CT molecular complexity index is 752. The topological polar surface area (TPSA) is 32.3 Å². The zero-order valence-corrected chi connectivity index (χ0v) is 15.4. The van der Waals surface area contributed by atoms with Crippen molar-refractivity contribution in [2.45, 2.75) is 45.7 Å². The van der Waals surface area contributed by atoms with Crippen LogP contribution in [0.1, 0.15) is 52.7 Å². The first-order chi connectivity index (χ1) is 12.6. The van der Waals surface area contributed by atoms with Crippen molar-refractivity contribution in [3.8, 4) is 0 Å². The summed E-state index contributed by atoms with van der Waals surface area (Å²) in [5.74, 6) is -0.625. The lowest BCUT2D eigenvalue weighted by atomic mass is 10.1. The summed E-state index contributed by atoms with van der Waals surface area (Å²) >= 11 is 0. The van der Waals surface area contributed by atoms with Gasteiger partial charge in [-0.3, -0.25) is 9.69 Å². The first-order valence-electron chi connectivity index (χ1n) is 9.46. The van der Waals surface area contributed by atoms with Gasteiger partial charge >= 0.3 is 0 Å². The fourth-order valence-electron chi connectivity index (χ4n) is 3.51. The second-order valence-corrected chi connectivity index (χ2v) is 7.15. The SMILES string of the molecule is Cc1ccc(F)cc1C(=O)NCc1cccc(CN2CCCCCC2)c1. The molecule has 0 unspecified atom stereocenters. The number of halogens is 1. The number of aryl methyl sites for hydroxylation is 1. The van der Waals surface area contributed by atoms with Gasteiger partial charge in [-0.05, 0) is 61.7 Å². The van der Waals surface area contributed by atoms with Crippen LogP contribution in [-0.2, 0) is 13.1 Å². The smallest absolute Gasteiger partial charge is 0.251 e. The molecule has 3 rings (SSSR count). The lowest BCUT2D eigenvalue weighted by Gasteiger charge is -2.20. The van der Waals surface area contributed by atoms with Gasteiger partial charge in [0.25, 0.3) is 5.91 Å². The summed E-state index contributed by atoms with van der Waals surface area (Å²) in [4.78, 5) is 14.9. The van der Waals surface area contributed by atoms with Gasteiger partial charge in [-0.2, -0.15) is 0 Å². The lowest BCUT2D eigenvalue weighted by Crippen LogP contribution is -2.25. The first kappa shape index (κ1) is 18.6. The molecule has 2 aromatic rings. The van der Waals surface area contributed by atoms with Crippen LogP contribution >= 0.6 is 0 Å². The van der Waals surface area contributed by atoms with Crippen LogP contribution in [-0.4, -0.2) is 23.9 Å². The molecule has 1 heterocycles. The van der Waals surface area contributed by atoms with Gasteiger partial charge in [0, 0.05) is 18.7 Å². The third-order valence-corrected chi connectivity index (χ3v) is 4.99. The summed E-state index contributed by atoms with van der Waals surface area (Å²) in [5, 5.41) is 2.90. The number of carbonyl (C=O) groups excluding carboxylic acids is 1. The summed E-state index contributed by atoms with van der Waals surface area (Å²) in [6.07, 6.45) is 5.23.